The van der Waals surface area contributed by atoms with Gasteiger partial charge in [0.25, 0.3) is 12.4 Å². The summed E-state index contributed by atoms with van der Waals surface area (Å²) in [5.41, 5.74) is 3.55. The van der Waals surface area contributed by atoms with Gasteiger partial charge in [-0.15, -0.1) is 0 Å². The molecule has 3 aromatic rings. The molecule has 0 radical (unpaired) electrons. The average molecular weight is 408 g/mol. The minimum atomic E-state index is -0.250. The van der Waals surface area contributed by atoms with Gasteiger partial charge in [0.15, 0.2) is 5.69 Å². The highest BCUT2D eigenvalue weighted by Crippen LogP contribution is 2.32. The number of nitrogens with zero attached hydrogens (tertiary/aromatic N) is 3. The van der Waals surface area contributed by atoms with Crippen molar-refractivity contribution in [2.45, 2.75) is 18.5 Å². The Kier molecular flexibility index (Phi) is 5.41. The molecule has 2 saturated heterocycles. The molecular weight excluding hydrogens is 384 g/mol. The van der Waals surface area contributed by atoms with Gasteiger partial charge >= 0.3 is 0 Å². The molecule has 8 heteroatoms. The Morgan fingerprint density at radius 2 is 1.87 bits per heavy atom. The third-order valence-electron chi connectivity index (χ3n) is 5.96. The van der Waals surface area contributed by atoms with Crippen LogP contribution < -0.4 is 4.74 Å². The average Bonchev–Trinajstić information content (AvgIpc) is 3.47. The number of methoxy groups -OCH3 is 1. The van der Waals surface area contributed by atoms with Crippen molar-refractivity contribution >= 4 is 23.3 Å². The van der Waals surface area contributed by atoms with E-state index in [4.69, 9.17) is 14.6 Å². The Morgan fingerprint density at radius 3 is 2.47 bits per heavy atom. The van der Waals surface area contributed by atoms with E-state index in [0.29, 0.717) is 17.8 Å². The molecule has 2 bridgehead atoms. The first-order chi connectivity index (χ1) is 14.5. The lowest BCUT2D eigenvalue weighted by molar-refractivity contribution is -0.122. The van der Waals surface area contributed by atoms with Gasteiger partial charge in [0, 0.05) is 30.6 Å². The number of aromatic amines is 1. The second kappa shape index (κ2) is 8.16. The van der Waals surface area contributed by atoms with Crippen molar-refractivity contribution in [1.82, 2.24) is 20.0 Å². The molecule has 2 aliphatic heterocycles. The molecule has 1 amide bonds. The van der Waals surface area contributed by atoms with Gasteiger partial charge in [-0.25, -0.2) is 0 Å². The van der Waals surface area contributed by atoms with Gasteiger partial charge in [-0.3, -0.25) is 19.6 Å². The molecule has 0 aliphatic carbocycles. The number of H-pyrrole nitrogens is 1. The molecule has 3 heterocycles. The summed E-state index contributed by atoms with van der Waals surface area (Å²) in [6.07, 6.45) is 1.07. The molecule has 2 fully saturated rings. The van der Waals surface area contributed by atoms with Gasteiger partial charge in [0.2, 0.25) is 0 Å². The van der Waals surface area contributed by atoms with Crippen LogP contribution in [0.15, 0.2) is 42.5 Å². The van der Waals surface area contributed by atoms with Crippen LogP contribution in [0.4, 0.5) is 0 Å². The maximum absolute atomic E-state index is 13.2. The first-order valence-corrected chi connectivity index (χ1v) is 9.77. The van der Waals surface area contributed by atoms with E-state index in [1.807, 2.05) is 47.4 Å². The number of likely N-dealkylation sites (N-methyl/N-ethyl adjacent to an activating group) is 1. The van der Waals surface area contributed by atoms with Crippen molar-refractivity contribution < 1.29 is 19.4 Å². The number of amides is 1. The summed E-state index contributed by atoms with van der Waals surface area (Å²) in [6, 6.07) is 14.8. The maximum Gasteiger partial charge on any atom is 0.290 e. The predicted octanol–water partition coefficient (Wildman–Crippen LogP) is 2.47. The topological polar surface area (TPSA) is 98.8 Å². The van der Waals surface area contributed by atoms with Crippen LogP contribution in [-0.2, 0) is 4.79 Å². The quantitative estimate of drug-likeness (QED) is 0.646. The second-order valence-electron chi connectivity index (χ2n) is 7.61. The summed E-state index contributed by atoms with van der Waals surface area (Å²) in [4.78, 5) is 25.9. The number of ether oxygens (including phenoxy) is 1. The zero-order chi connectivity index (χ0) is 21.3. The van der Waals surface area contributed by atoms with Crippen molar-refractivity contribution in [3.63, 3.8) is 0 Å². The monoisotopic (exact) mass is 408 g/mol. The van der Waals surface area contributed by atoms with E-state index in [0.717, 1.165) is 47.3 Å². The van der Waals surface area contributed by atoms with Crippen molar-refractivity contribution in [2.75, 3.05) is 27.2 Å². The molecule has 8 nitrogen and oxygen atoms in total. The lowest BCUT2D eigenvalue weighted by Gasteiger charge is -2.31. The first-order valence-electron chi connectivity index (χ1n) is 9.77. The highest BCUT2D eigenvalue weighted by Gasteiger charge is 2.44. The summed E-state index contributed by atoms with van der Waals surface area (Å²) in [7, 11) is 3.80. The molecule has 2 aliphatic rings. The van der Waals surface area contributed by atoms with Crippen LogP contribution in [0, 0.1) is 0 Å². The van der Waals surface area contributed by atoms with Crippen molar-refractivity contribution in [2.24, 2.45) is 0 Å². The third-order valence-corrected chi connectivity index (χ3v) is 5.96. The molecule has 1 aromatic heterocycles. The molecule has 2 N–H and O–H groups in total. The number of carbonyl (C=O) groups is 2. The molecular formula is C22H24N4O4. The molecule has 2 aromatic carbocycles. The standard InChI is InChI=1S/C21H22N4O2.CH2O2/c1-24-11-16-10-15(24)12-25(16)21(26)20-18-9-14(5-8-19(18)22-23-20)13-3-6-17(27-2)7-4-13;2-1-3/h3-9,15-16H,10-12H2,1-2H3,(H,22,23);1H,(H,2,3)/t15-,16-;/m0./s1. The minimum absolute atomic E-state index is 0.0359. The van der Waals surface area contributed by atoms with Gasteiger partial charge in [-0.05, 0) is 48.9 Å². The number of benzene rings is 2. The fraction of sp³-hybridized carbons (Fsp3) is 0.318. The number of rotatable bonds is 3. The number of aromatic nitrogens is 2. The van der Waals surface area contributed by atoms with Crippen molar-refractivity contribution in [3.8, 4) is 16.9 Å². The summed E-state index contributed by atoms with van der Waals surface area (Å²) < 4.78 is 5.23. The van der Waals surface area contributed by atoms with Crippen LogP contribution in [-0.4, -0.2) is 76.8 Å². The van der Waals surface area contributed by atoms with Crippen LogP contribution in [0.5, 0.6) is 5.75 Å². The number of carboxylic acid groups (broad SMARTS) is 1. The van der Waals surface area contributed by atoms with E-state index in [2.05, 4.69) is 22.1 Å². The zero-order valence-corrected chi connectivity index (χ0v) is 16.9. The first kappa shape index (κ1) is 19.9. The maximum atomic E-state index is 13.2. The van der Waals surface area contributed by atoms with Crippen LogP contribution in [0.2, 0.25) is 0 Å². The van der Waals surface area contributed by atoms with Crippen LogP contribution in [0.1, 0.15) is 16.9 Å². The van der Waals surface area contributed by atoms with Crippen LogP contribution in [0.3, 0.4) is 0 Å². The number of fused-ring (bicyclic) bond motifs is 3. The summed E-state index contributed by atoms with van der Waals surface area (Å²) >= 11 is 0. The normalized spacial score (nSPS) is 20.1. The van der Waals surface area contributed by atoms with Gasteiger partial charge in [-0.2, -0.15) is 5.10 Å². The smallest absolute Gasteiger partial charge is 0.290 e. The molecule has 30 heavy (non-hydrogen) atoms. The molecule has 0 spiro atoms. The number of hydrogen-bond donors (Lipinski definition) is 2. The molecule has 5 rings (SSSR count). The Bertz CT molecular complexity index is 1060. The van der Waals surface area contributed by atoms with E-state index >= 15 is 0 Å². The Hall–Kier alpha value is -3.39. The van der Waals surface area contributed by atoms with Crippen molar-refractivity contribution in [1.29, 1.82) is 0 Å². The van der Waals surface area contributed by atoms with E-state index < -0.39 is 0 Å². The van der Waals surface area contributed by atoms with Crippen molar-refractivity contribution in [3.05, 3.63) is 48.2 Å². The summed E-state index contributed by atoms with van der Waals surface area (Å²) in [5, 5.41) is 15.1. The number of likely N-dealkylation sites (tertiary alicyclic amines) is 2. The Labute approximate surface area is 174 Å². The SMILES string of the molecule is COc1ccc(-c2ccc3[nH]nc(C(=O)N4C[C@@H]5C[C@H]4CN5C)c3c2)cc1.O=CO. The number of carbonyl (C=O) groups excluding carboxylic acids is 1. The number of piperazine rings is 1. The van der Waals surface area contributed by atoms with Gasteiger partial charge < -0.3 is 14.7 Å². The number of nitrogens with one attached hydrogen (secondary N) is 1. The highest BCUT2D eigenvalue weighted by molar-refractivity contribution is 6.06. The summed E-state index contributed by atoms with van der Waals surface area (Å²) in [5.74, 6) is 0.863. The fourth-order valence-electron chi connectivity index (χ4n) is 4.39. The van der Waals surface area contributed by atoms with Gasteiger partial charge in [-0.1, -0.05) is 18.2 Å². The highest BCUT2D eigenvalue weighted by atomic mass is 16.5. The number of hydrogen-bond acceptors (Lipinski definition) is 5. The second-order valence-corrected chi connectivity index (χ2v) is 7.61. The predicted molar refractivity (Wildman–Crippen MR) is 113 cm³/mol. The van der Waals surface area contributed by atoms with E-state index in [-0.39, 0.29) is 12.4 Å². The Balaban J connectivity index is 0.000000687. The van der Waals surface area contributed by atoms with Gasteiger partial charge in [0.1, 0.15) is 5.75 Å². The lowest BCUT2D eigenvalue weighted by Crippen LogP contribution is -2.47. The Morgan fingerprint density at radius 1 is 1.17 bits per heavy atom. The molecule has 0 unspecified atom stereocenters. The van der Waals surface area contributed by atoms with Crippen LogP contribution >= 0.6 is 0 Å². The van der Waals surface area contributed by atoms with E-state index in [1.165, 1.54) is 0 Å². The third kappa shape index (κ3) is 3.50. The molecule has 0 saturated carbocycles. The fourth-order valence-corrected chi connectivity index (χ4v) is 4.39. The largest absolute Gasteiger partial charge is 0.497 e. The van der Waals surface area contributed by atoms with E-state index in [9.17, 15) is 4.79 Å². The van der Waals surface area contributed by atoms with Gasteiger partial charge in [0.05, 0.1) is 12.6 Å². The van der Waals surface area contributed by atoms with Crippen LogP contribution in [0.25, 0.3) is 22.0 Å². The zero-order valence-electron chi connectivity index (χ0n) is 16.9. The molecule has 2 atom stereocenters. The summed E-state index contributed by atoms with van der Waals surface area (Å²) in [6.45, 7) is 1.50. The molecule has 156 valence electrons. The lowest BCUT2D eigenvalue weighted by atomic mass is 10.0. The minimum Gasteiger partial charge on any atom is -0.497 e. The van der Waals surface area contributed by atoms with E-state index in [1.54, 1.807) is 7.11 Å².